The first-order valence-corrected chi connectivity index (χ1v) is 7.54. The van der Waals surface area contributed by atoms with Crippen LogP contribution in [0, 0.1) is 5.82 Å². The number of amides is 1. The van der Waals surface area contributed by atoms with Gasteiger partial charge in [-0.15, -0.1) is 10.2 Å². The Morgan fingerprint density at radius 2 is 2.14 bits per heavy atom. The molecule has 0 saturated carbocycles. The van der Waals surface area contributed by atoms with E-state index < -0.39 is 5.25 Å². The van der Waals surface area contributed by atoms with Crippen LogP contribution >= 0.6 is 11.8 Å². The average Bonchev–Trinajstić information content (AvgIpc) is 2.90. The predicted molar refractivity (Wildman–Crippen MR) is 83.3 cm³/mol. The molecule has 7 heteroatoms. The number of hydrogen-bond acceptors (Lipinski definition) is 4. The summed E-state index contributed by atoms with van der Waals surface area (Å²) in [5.74, 6) is -0.607. The third-order valence-corrected chi connectivity index (χ3v) is 4.08. The number of rotatable bonds is 4. The molecule has 1 aromatic carbocycles. The summed E-state index contributed by atoms with van der Waals surface area (Å²) in [6.07, 6.45) is 1.84. The van der Waals surface area contributed by atoms with Crippen molar-refractivity contribution in [3.63, 3.8) is 0 Å². The van der Waals surface area contributed by atoms with Gasteiger partial charge in [0.15, 0.2) is 10.8 Å². The van der Waals surface area contributed by atoms with Crippen LogP contribution in [-0.4, -0.2) is 25.8 Å². The second-order valence-electron chi connectivity index (χ2n) is 4.67. The molecule has 0 aliphatic heterocycles. The monoisotopic (exact) mass is 316 g/mol. The van der Waals surface area contributed by atoms with Gasteiger partial charge in [0.05, 0.1) is 5.25 Å². The average molecular weight is 316 g/mol. The number of anilines is 1. The molecular formula is C15H13FN4OS. The first kappa shape index (κ1) is 14.5. The molecule has 1 N–H and O–H groups in total. The molecule has 1 atom stereocenters. The van der Waals surface area contributed by atoms with Crippen LogP contribution in [0.25, 0.3) is 5.65 Å². The molecule has 0 unspecified atom stereocenters. The van der Waals surface area contributed by atoms with Gasteiger partial charge in [-0.1, -0.05) is 23.9 Å². The lowest BCUT2D eigenvalue weighted by Gasteiger charge is -2.11. The fourth-order valence-corrected chi connectivity index (χ4v) is 2.76. The van der Waals surface area contributed by atoms with Crippen LogP contribution in [0.15, 0.2) is 53.8 Å². The van der Waals surface area contributed by atoms with Gasteiger partial charge in [-0.25, -0.2) is 4.39 Å². The van der Waals surface area contributed by atoms with Gasteiger partial charge in [-0.3, -0.25) is 9.20 Å². The highest BCUT2D eigenvalue weighted by Gasteiger charge is 2.18. The SMILES string of the molecule is C[C@H](Sc1nnc2ccccn12)C(=O)Nc1cccc(F)c1. The zero-order valence-electron chi connectivity index (χ0n) is 11.7. The Balaban J connectivity index is 1.71. The summed E-state index contributed by atoms with van der Waals surface area (Å²) in [5, 5.41) is 11.0. The predicted octanol–water partition coefficient (Wildman–Crippen LogP) is 2.99. The maximum atomic E-state index is 13.1. The molecule has 22 heavy (non-hydrogen) atoms. The van der Waals surface area contributed by atoms with Crippen LogP contribution in [0.5, 0.6) is 0 Å². The molecular weight excluding hydrogens is 303 g/mol. The number of hydrogen-bond donors (Lipinski definition) is 1. The summed E-state index contributed by atoms with van der Waals surface area (Å²) in [4.78, 5) is 12.2. The maximum Gasteiger partial charge on any atom is 0.237 e. The minimum absolute atomic E-state index is 0.219. The van der Waals surface area contributed by atoms with E-state index in [4.69, 9.17) is 0 Å². The fraction of sp³-hybridized carbons (Fsp3) is 0.133. The number of nitrogens with one attached hydrogen (secondary N) is 1. The lowest BCUT2D eigenvalue weighted by Crippen LogP contribution is -2.22. The summed E-state index contributed by atoms with van der Waals surface area (Å²) in [6, 6.07) is 11.4. The minimum Gasteiger partial charge on any atom is -0.325 e. The van der Waals surface area contributed by atoms with Crippen LogP contribution in [0.4, 0.5) is 10.1 Å². The highest BCUT2D eigenvalue weighted by molar-refractivity contribution is 8.00. The Bertz CT molecular complexity index is 820. The Kier molecular flexibility index (Phi) is 4.06. The van der Waals surface area contributed by atoms with E-state index in [1.165, 1.54) is 23.9 Å². The number of aromatic nitrogens is 3. The zero-order chi connectivity index (χ0) is 15.5. The number of pyridine rings is 1. The standard InChI is InChI=1S/C15H13FN4OS/c1-10(14(21)17-12-6-4-5-11(16)9-12)22-15-19-18-13-7-2-3-8-20(13)15/h2-10H,1H3,(H,17,21)/t10-/m0/s1. The molecule has 0 aliphatic rings. The van der Waals surface area contributed by atoms with E-state index in [-0.39, 0.29) is 11.7 Å². The van der Waals surface area contributed by atoms with Crippen molar-refractivity contribution in [1.82, 2.24) is 14.6 Å². The molecule has 0 spiro atoms. The van der Waals surface area contributed by atoms with Gasteiger partial charge < -0.3 is 5.32 Å². The summed E-state index contributed by atoms with van der Waals surface area (Å²) in [6.45, 7) is 1.77. The van der Waals surface area contributed by atoms with E-state index >= 15 is 0 Å². The van der Waals surface area contributed by atoms with Crippen LogP contribution in [0.2, 0.25) is 0 Å². The molecule has 0 saturated heterocycles. The lowest BCUT2D eigenvalue weighted by molar-refractivity contribution is -0.115. The van der Waals surface area contributed by atoms with Gasteiger partial charge >= 0.3 is 0 Å². The Morgan fingerprint density at radius 1 is 1.27 bits per heavy atom. The molecule has 2 aromatic heterocycles. The molecule has 0 bridgehead atoms. The van der Waals surface area contributed by atoms with Crippen LogP contribution < -0.4 is 5.32 Å². The van der Waals surface area contributed by atoms with E-state index in [1.54, 1.807) is 19.1 Å². The second kappa shape index (κ2) is 6.15. The molecule has 0 aliphatic carbocycles. The van der Waals surface area contributed by atoms with Gasteiger partial charge in [0.1, 0.15) is 5.82 Å². The third kappa shape index (κ3) is 3.09. The number of fused-ring (bicyclic) bond motifs is 1. The van der Waals surface area contributed by atoms with Crippen molar-refractivity contribution in [1.29, 1.82) is 0 Å². The summed E-state index contributed by atoms with van der Waals surface area (Å²) in [7, 11) is 0. The third-order valence-electron chi connectivity index (χ3n) is 3.03. The normalized spacial score (nSPS) is 12.3. The van der Waals surface area contributed by atoms with Crippen LogP contribution in [0.1, 0.15) is 6.92 Å². The Labute approximate surface area is 130 Å². The molecule has 0 radical (unpaired) electrons. The molecule has 1 amide bonds. The van der Waals surface area contributed by atoms with Crippen molar-refractivity contribution in [3.8, 4) is 0 Å². The van der Waals surface area contributed by atoms with Crippen molar-refractivity contribution < 1.29 is 9.18 Å². The number of nitrogens with zero attached hydrogens (tertiary/aromatic N) is 3. The first-order chi connectivity index (χ1) is 10.6. The van der Waals surface area contributed by atoms with Gasteiger partial charge in [-0.2, -0.15) is 0 Å². The second-order valence-corrected chi connectivity index (χ2v) is 5.98. The Hall–Kier alpha value is -2.41. The van der Waals surface area contributed by atoms with Crippen LogP contribution in [0.3, 0.4) is 0 Å². The number of benzene rings is 1. The van der Waals surface area contributed by atoms with Crippen LogP contribution in [-0.2, 0) is 4.79 Å². The molecule has 0 fully saturated rings. The molecule has 2 heterocycles. The maximum absolute atomic E-state index is 13.1. The molecule has 3 rings (SSSR count). The zero-order valence-corrected chi connectivity index (χ0v) is 12.5. The van der Waals surface area contributed by atoms with E-state index in [1.807, 2.05) is 28.8 Å². The van der Waals surface area contributed by atoms with Crippen molar-refractivity contribution in [2.75, 3.05) is 5.32 Å². The number of carbonyl (C=O) groups excluding carboxylic acids is 1. The summed E-state index contributed by atoms with van der Waals surface area (Å²) >= 11 is 1.29. The highest BCUT2D eigenvalue weighted by atomic mass is 32.2. The smallest absolute Gasteiger partial charge is 0.237 e. The Morgan fingerprint density at radius 3 is 2.95 bits per heavy atom. The van der Waals surface area contributed by atoms with Crippen molar-refractivity contribution in [2.45, 2.75) is 17.3 Å². The minimum atomic E-state index is -0.393. The fourth-order valence-electron chi connectivity index (χ4n) is 1.92. The number of thioether (sulfide) groups is 1. The van der Waals surface area contributed by atoms with E-state index in [2.05, 4.69) is 15.5 Å². The number of carbonyl (C=O) groups is 1. The first-order valence-electron chi connectivity index (χ1n) is 6.66. The molecule has 5 nitrogen and oxygen atoms in total. The van der Waals surface area contributed by atoms with Gasteiger partial charge in [-0.05, 0) is 37.3 Å². The van der Waals surface area contributed by atoms with Gasteiger partial charge in [0.2, 0.25) is 5.91 Å². The van der Waals surface area contributed by atoms with Gasteiger partial charge in [0, 0.05) is 11.9 Å². The van der Waals surface area contributed by atoms with Gasteiger partial charge in [0.25, 0.3) is 0 Å². The number of halogens is 1. The van der Waals surface area contributed by atoms with E-state index in [0.29, 0.717) is 10.8 Å². The van der Waals surface area contributed by atoms with E-state index in [0.717, 1.165) is 5.65 Å². The van der Waals surface area contributed by atoms with E-state index in [9.17, 15) is 9.18 Å². The molecule has 112 valence electrons. The van der Waals surface area contributed by atoms with Crippen molar-refractivity contribution in [3.05, 3.63) is 54.5 Å². The highest BCUT2D eigenvalue weighted by Crippen LogP contribution is 2.23. The largest absolute Gasteiger partial charge is 0.325 e. The van der Waals surface area contributed by atoms with Crippen molar-refractivity contribution >= 4 is 29.0 Å². The quantitative estimate of drug-likeness (QED) is 0.752. The topological polar surface area (TPSA) is 59.3 Å². The van der Waals surface area contributed by atoms with Crippen molar-refractivity contribution in [2.24, 2.45) is 0 Å². The lowest BCUT2D eigenvalue weighted by atomic mass is 10.3. The summed E-state index contributed by atoms with van der Waals surface area (Å²) in [5.41, 5.74) is 1.16. The molecule has 3 aromatic rings. The summed E-state index contributed by atoms with van der Waals surface area (Å²) < 4.78 is 14.9.